The van der Waals surface area contributed by atoms with Crippen LogP contribution in [0.2, 0.25) is 0 Å². The Labute approximate surface area is 187 Å². The highest BCUT2D eigenvalue weighted by Crippen LogP contribution is 2.34. The van der Waals surface area contributed by atoms with Crippen LogP contribution in [0.25, 0.3) is 11.1 Å². The number of benzene rings is 1. The molecule has 0 bridgehead atoms. The lowest BCUT2D eigenvalue weighted by molar-refractivity contribution is -0.274. The van der Waals surface area contributed by atoms with Crippen molar-refractivity contribution >= 4 is 17.4 Å². The van der Waals surface area contributed by atoms with E-state index in [-0.39, 0.29) is 11.3 Å². The number of carbonyl (C=O) groups is 1. The van der Waals surface area contributed by atoms with Gasteiger partial charge in [-0.2, -0.15) is 0 Å². The van der Waals surface area contributed by atoms with Crippen molar-refractivity contribution in [2.24, 2.45) is 5.92 Å². The summed E-state index contributed by atoms with van der Waals surface area (Å²) in [7, 11) is 0. The van der Waals surface area contributed by atoms with E-state index in [0.29, 0.717) is 22.9 Å². The van der Waals surface area contributed by atoms with Gasteiger partial charge < -0.3 is 15.0 Å². The normalized spacial score (nSPS) is 14.0. The van der Waals surface area contributed by atoms with E-state index in [1.807, 2.05) is 0 Å². The summed E-state index contributed by atoms with van der Waals surface area (Å²) in [6, 6.07) is 7.72. The molecule has 1 amide bonds. The third-order valence-corrected chi connectivity index (χ3v) is 5.32. The molecule has 33 heavy (non-hydrogen) atoms. The quantitative estimate of drug-likeness (QED) is 0.507. The number of hydrogen-bond acceptors (Lipinski definition) is 5. The zero-order valence-electron chi connectivity index (χ0n) is 17.6. The van der Waals surface area contributed by atoms with Crippen LogP contribution in [-0.2, 0) is 0 Å². The fourth-order valence-electron chi connectivity index (χ4n) is 3.55. The number of pyridine rings is 2. The molecule has 1 aliphatic rings. The average Bonchev–Trinajstić information content (AvgIpc) is 2.73. The molecule has 0 radical (unpaired) electrons. The largest absolute Gasteiger partial charge is 0.573 e. The van der Waals surface area contributed by atoms with Crippen LogP contribution in [0.15, 0.2) is 55.0 Å². The summed E-state index contributed by atoms with van der Waals surface area (Å²) in [6.07, 6.45) is 0.258. The lowest BCUT2D eigenvalue weighted by atomic mass is 9.95. The Hall–Kier alpha value is -3.69. The van der Waals surface area contributed by atoms with Crippen molar-refractivity contribution in [2.45, 2.75) is 19.7 Å². The fourth-order valence-corrected chi connectivity index (χ4v) is 3.55. The van der Waals surface area contributed by atoms with Crippen LogP contribution in [0.5, 0.6) is 5.75 Å². The SMILES string of the molecule is CCC1CN(c2ncc(C(=O)Nc3ccc(OC(F)(F)F)cc3)cc2-c2cncc(F)c2)C1. The minimum absolute atomic E-state index is 0.209. The molecule has 1 aromatic carbocycles. The first-order valence-electron chi connectivity index (χ1n) is 10.2. The smallest absolute Gasteiger partial charge is 0.406 e. The first-order chi connectivity index (χ1) is 15.7. The highest BCUT2D eigenvalue weighted by Gasteiger charge is 2.31. The van der Waals surface area contributed by atoms with Gasteiger partial charge in [0.15, 0.2) is 0 Å². The summed E-state index contributed by atoms with van der Waals surface area (Å²) >= 11 is 0. The van der Waals surface area contributed by atoms with Gasteiger partial charge in [-0.1, -0.05) is 6.92 Å². The minimum Gasteiger partial charge on any atom is -0.406 e. The number of halogens is 4. The molecule has 0 atom stereocenters. The van der Waals surface area contributed by atoms with Gasteiger partial charge in [0.2, 0.25) is 0 Å². The third kappa shape index (κ3) is 5.39. The van der Waals surface area contributed by atoms with Gasteiger partial charge in [0, 0.05) is 42.3 Å². The molecule has 0 aliphatic carbocycles. The van der Waals surface area contributed by atoms with Crippen LogP contribution in [-0.4, -0.2) is 35.3 Å². The van der Waals surface area contributed by atoms with Gasteiger partial charge in [0.25, 0.3) is 5.91 Å². The number of nitrogens with zero attached hydrogens (tertiary/aromatic N) is 3. The molecule has 10 heteroatoms. The number of nitrogens with one attached hydrogen (secondary N) is 1. The van der Waals surface area contributed by atoms with Crippen LogP contribution >= 0.6 is 0 Å². The first kappa shape index (κ1) is 22.5. The van der Waals surface area contributed by atoms with Crippen molar-refractivity contribution in [3.05, 3.63) is 66.4 Å². The zero-order valence-corrected chi connectivity index (χ0v) is 17.6. The van der Waals surface area contributed by atoms with E-state index >= 15 is 0 Å². The van der Waals surface area contributed by atoms with Gasteiger partial charge in [-0.25, -0.2) is 9.37 Å². The number of aromatic nitrogens is 2. The molecule has 1 N–H and O–H groups in total. The summed E-state index contributed by atoms with van der Waals surface area (Å²) in [5.41, 5.74) is 1.54. The molecule has 1 saturated heterocycles. The molecule has 1 aliphatic heterocycles. The summed E-state index contributed by atoms with van der Waals surface area (Å²) < 4.78 is 54.6. The van der Waals surface area contributed by atoms with Crippen molar-refractivity contribution in [3.63, 3.8) is 0 Å². The molecule has 172 valence electrons. The standard InChI is InChI=1S/C23H20F4N4O2/c1-2-14-12-31(13-14)21-20(15-7-17(24)11-28-9-15)8-16(10-29-21)22(32)30-18-3-5-19(6-4-18)33-23(25,26)27/h3-11,14H,2,12-13H2,1H3,(H,30,32). The summed E-state index contributed by atoms with van der Waals surface area (Å²) in [5, 5.41) is 2.61. The lowest BCUT2D eigenvalue weighted by Crippen LogP contribution is -2.47. The lowest BCUT2D eigenvalue weighted by Gasteiger charge is -2.40. The van der Waals surface area contributed by atoms with E-state index in [2.05, 4.69) is 31.8 Å². The molecule has 6 nitrogen and oxygen atoms in total. The maximum Gasteiger partial charge on any atom is 0.573 e. The van der Waals surface area contributed by atoms with E-state index in [9.17, 15) is 22.4 Å². The molecule has 1 fully saturated rings. The number of hydrogen-bond donors (Lipinski definition) is 1. The Bertz CT molecular complexity index is 1150. The van der Waals surface area contributed by atoms with Crippen molar-refractivity contribution in [1.29, 1.82) is 0 Å². The average molecular weight is 460 g/mol. The molecule has 3 aromatic rings. The van der Waals surface area contributed by atoms with E-state index in [4.69, 9.17) is 0 Å². The van der Waals surface area contributed by atoms with Gasteiger partial charge in [-0.15, -0.1) is 13.2 Å². The number of ether oxygens (including phenoxy) is 1. The number of anilines is 2. The Morgan fingerprint density at radius 2 is 1.88 bits per heavy atom. The Kier molecular flexibility index (Phi) is 6.17. The van der Waals surface area contributed by atoms with Gasteiger partial charge in [-0.3, -0.25) is 9.78 Å². The van der Waals surface area contributed by atoms with Crippen molar-refractivity contribution in [1.82, 2.24) is 9.97 Å². The summed E-state index contributed by atoms with van der Waals surface area (Å²) in [4.78, 5) is 23.2. The molecule has 3 heterocycles. The Morgan fingerprint density at radius 1 is 1.15 bits per heavy atom. The second kappa shape index (κ2) is 9.05. The molecule has 2 aromatic heterocycles. The van der Waals surface area contributed by atoms with Crippen LogP contribution in [0, 0.1) is 11.7 Å². The second-order valence-electron chi connectivity index (χ2n) is 7.69. The predicted molar refractivity (Wildman–Crippen MR) is 114 cm³/mol. The van der Waals surface area contributed by atoms with Crippen LogP contribution < -0.4 is 15.0 Å². The molecule has 0 unspecified atom stereocenters. The van der Waals surface area contributed by atoms with Crippen LogP contribution in [0.1, 0.15) is 23.7 Å². The van der Waals surface area contributed by atoms with Crippen molar-refractivity contribution in [3.8, 4) is 16.9 Å². The van der Waals surface area contributed by atoms with Gasteiger partial charge in [-0.05, 0) is 48.7 Å². The number of alkyl halides is 3. The monoisotopic (exact) mass is 460 g/mol. The van der Waals surface area contributed by atoms with Gasteiger partial charge in [0.1, 0.15) is 17.4 Å². The molecule has 4 rings (SSSR count). The molecule has 0 saturated carbocycles. The van der Waals surface area contributed by atoms with Crippen LogP contribution in [0.4, 0.5) is 29.1 Å². The fraction of sp³-hybridized carbons (Fsp3) is 0.261. The Balaban J connectivity index is 1.57. The van der Waals surface area contributed by atoms with Gasteiger partial charge >= 0.3 is 6.36 Å². The highest BCUT2D eigenvalue weighted by atomic mass is 19.4. The van der Waals surface area contributed by atoms with E-state index in [1.165, 1.54) is 30.6 Å². The Morgan fingerprint density at radius 3 is 2.52 bits per heavy atom. The van der Waals surface area contributed by atoms with E-state index in [1.54, 1.807) is 6.07 Å². The first-order valence-corrected chi connectivity index (χ1v) is 10.2. The molecule has 0 spiro atoms. The molecular weight excluding hydrogens is 440 g/mol. The van der Waals surface area contributed by atoms with E-state index < -0.39 is 23.8 Å². The topological polar surface area (TPSA) is 67.4 Å². The number of carbonyl (C=O) groups excluding carboxylic acids is 1. The minimum atomic E-state index is -4.80. The second-order valence-corrected chi connectivity index (χ2v) is 7.69. The zero-order chi connectivity index (χ0) is 23.6. The predicted octanol–water partition coefficient (Wildman–Crippen LogP) is 5.28. The number of amides is 1. The summed E-state index contributed by atoms with van der Waals surface area (Å²) in [6.45, 7) is 3.75. The van der Waals surface area contributed by atoms with Crippen molar-refractivity contribution < 1.29 is 27.1 Å². The maximum atomic E-state index is 13.8. The van der Waals surface area contributed by atoms with Crippen molar-refractivity contribution in [2.75, 3.05) is 23.3 Å². The summed E-state index contributed by atoms with van der Waals surface area (Å²) in [5.74, 6) is -0.231. The van der Waals surface area contributed by atoms with Gasteiger partial charge in [0.05, 0.1) is 11.8 Å². The molecular formula is C23H20F4N4O2. The van der Waals surface area contributed by atoms with Crippen LogP contribution in [0.3, 0.4) is 0 Å². The number of rotatable bonds is 6. The third-order valence-electron chi connectivity index (χ3n) is 5.32. The highest BCUT2D eigenvalue weighted by molar-refractivity contribution is 6.05. The van der Waals surface area contributed by atoms with E-state index in [0.717, 1.165) is 37.8 Å². The maximum absolute atomic E-state index is 13.8.